The third-order valence-electron chi connectivity index (χ3n) is 3.68. The monoisotopic (exact) mass is 399 g/mol. The van der Waals surface area contributed by atoms with Crippen LogP contribution < -0.4 is 5.32 Å². The molecule has 8 heteroatoms. The van der Waals surface area contributed by atoms with Gasteiger partial charge >= 0.3 is 18.0 Å². The Labute approximate surface area is 164 Å². The molecule has 1 rings (SSSR count). The summed E-state index contributed by atoms with van der Waals surface area (Å²) >= 11 is 5.91. The minimum atomic E-state index is -1.05. The van der Waals surface area contributed by atoms with Crippen LogP contribution in [0.5, 0.6) is 0 Å². The highest BCUT2D eigenvalue weighted by Crippen LogP contribution is 2.15. The van der Waals surface area contributed by atoms with Gasteiger partial charge in [0, 0.05) is 17.5 Å². The van der Waals surface area contributed by atoms with Crippen molar-refractivity contribution in [2.45, 2.75) is 40.4 Å². The Morgan fingerprint density at radius 3 is 2.33 bits per heavy atom. The van der Waals surface area contributed by atoms with Crippen molar-refractivity contribution in [1.82, 2.24) is 5.32 Å². The number of carboxylic acid groups (broad SMARTS) is 1. The fraction of sp³-hybridized carbons (Fsp3) is 0.526. The molecule has 0 aliphatic heterocycles. The smallest absolute Gasteiger partial charge is 0.410 e. The Bertz CT molecular complexity index is 661. The van der Waals surface area contributed by atoms with Crippen LogP contribution >= 0.6 is 11.6 Å². The lowest BCUT2D eigenvalue weighted by atomic mass is 9.99. The molecule has 0 unspecified atom stereocenters. The van der Waals surface area contributed by atoms with Crippen LogP contribution in [-0.2, 0) is 25.5 Å². The Hall–Kier alpha value is -2.28. The van der Waals surface area contributed by atoms with Crippen LogP contribution in [-0.4, -0.2) is 36.0 Å². The highest BCUT2D eigenvalue weighted by molar-refractivity contribution is 6.30. The summed E-state index contributed by atoms with van der Waals surface area (Å²) in [7, 11) is 0. The summed E-state index contributed by atoms with van der Waals surface area (Å²) in [6, 6.07) is 6.87. The molecule has 0 aliphatic carbocycles. The number of carbonyl (C=O) groups is 3. The standard InChI is InChI=1S/C19H26ClNO6/c1-11(2)17(24)26-18(12(3)4)27-19(25)21-10-14(16(22)23)8-13-6-5-7-15(20)9-13/h5-7,9,11-12,14,18H,8,10H2,1-4H3,(H,21,25)(H,22,23)/t14-,18+/m0/s1. The predicted molar refractivity (Wildman–Crippen MR) is 100 cm³/mol. The zero-order valence-electron chi connectivity index (χ0n) is 15.9. The molecule has 0 spiro atoms. The van der Waals surface area contributed by atoms with Crippen molar-refractivity contribution in [1.29, 1.82) is 0 Å². The zero-order valence-corrected chi connectivity index (χ0v) is 16.7. The second kappa shape index (κ2) is 10.8. The van der Waals surface area contributed by atoms with Crippen molar-refractivity contribution in [3.8, 4) is 0 Å². The first-order valence-corrected chi connectivity index (χ1v) is 9.10. The molecule has 27 heavy (non-hydrogen) atoms. The van der Waals surface area contributed by atoms with Gasteiger partial charge < -0.3 is 19.9 Å². The lowest BCUT2D eigenvalue weighted by molar-refractivity contribution is -0.178. The van der Waals surface area contributed by atoms with Crippen LogP contribution in [0, 0.1) is 17.8 Å². The van der Waals surface area contributed by atoms with Crippen molar-refractivity contribution in [3.05, 3.63) is 34.9 Å². The van der Waals surface area contributed by atoms with E-state index in [1.54, 1.807) is 52.0 Å². The van der Waals surface area contributed by atoms with Gasteiger partial charge in [-0.25, -0.2) is 4.79 Å². The lowest BCUT2D eigenvalue weighted by Gasteiger charge is -2.23. The minimum Gasteiger partial charge on any atom is -0.481 e. The minimum absolute atomic E-state index is 0.135. The van der Waals surface area contributed by atoms with Gasteiger partial charge in [0.1, 0.15) is 0 Å². The molecule has 0 aliphatic rings. The highest BCUT2D eigenvalue weighted by Gasteiger charge is 2.25. The van der Waals surface area contributed by atoms with E-state index in [1.807, 2.05) is 0 Å². The van der Waals surface area contributed by atoms with E-state index < -0.39 is 30.2 Å². The van der Waals surface area contributed by atoms with Gasteiger partial charge in [0.15, 0.2) is 0 Å². The summed E-state index contributed by atoms with van der Waals surface area (Å²) in [4.78, 5) is 35.2. The maximum absolute atomic E-state index is 12.0. The lowest BCUT2D eigenvalue weighted by Crippen LogP contribution is -2.39. The molecule has 0 saturated heterocycles. The molecule has 0 bridgehead atoms. The van der Waals surface area contributed by atoms with Gasteiger partial charge in [-0.05, 0) is 24.1 Å². The second-order valence-corrected chi connectivity index (χ2v) is 7.30. The van der Waals surface area contributed by atoms with E-state index in [0.717, 1.165) is 5.56 Å². The van der Waals surface area contributed by atoms with Gasteiger partial charge in [0.2, 0.25) is 0 Å². The summed E-state index contributed by atoms with van der Waals surface area (Å²) in [6.45, 7) is 6.69. The first-order valence-electron chi connectivity index (χ1n) is 8.72. The quantitative estimate of drug-likeness (QED) is 0.486. The van der Waals surface area contributed by atoms with E-state index in [1.165, 1.54) is 0 Å². The Morgan fingerprint density at radius 1 is 1.15 bits per heavy atom. The van der Waals surface area contributed by atoms with E-state index in [9.17, 15) is 19.5 Å². The molecule has 1 aromatic carbocycles. The van der Waals surface area contributed by atoms with Gasteiger partial charge in [0.25, 0.3) is 6.29 Å². The first kappa shape index (κ1) is 22.8. The maximum Gasteiger partial charge on any atom is 0.410 e. The topological polar surface area (TPSA) is 102 Å². The highest BCUT2D eigenvalue weighted by atomic mass is 35.5. The second-order valence-electron chi connectivity index (χ2n) is 6.86. The number of carbonyl (C=O) groups excluding carboxylic acids is 2. The molecule has 7 nitrogen and oxygen atoms in total. The van der Waals surface area contributed by atoms with Gasteiger partial charge in [-0.3, -0.25) is 9.59 Å². The van der Waals surface area contributed by atoms with Crippen LogP contribution in [0.4, 0.5) is 4.79 Å². The summed E-state index contributed by atoms with van der Waals surface area (Å²) < 4.78 is 10.3. The molecule has 0 saturated carbocycles. The van der Waals surface area contributed by atoms with Crippen molar-refractivity contribution >= 4 is 29.6 Å². The Balaban J connectivity index is 2.62. The normalized spacial score (nSPS) is 13.1. The van der Waals surface area contributed by atoms with Crippen LogP contribution in [0.15, 0.2) is 24.3 Å². The molecule has 0 fully saturated rings. The third kappa shape index (κ3) is 8.30. The maximum atomic E-state index is 12.0. The summed E-state index contributed by atoms with van der Waals surface area (Å²) in [5.74, 6) is -2.99. The third-order valence-corrected chi connectivity index (χ3v) is 3.92. The van der Waals surface area contributed by atoms with Crippen LogP contribution in [0.1, 0.15) is 33.3 Å². The van der Waals surface area contributed by atoms with Crippen LogP contribution in [0.3, 0.4) is 0 Å². The zero-order chi connectivity index (χ0) is 20.6. The summed E-state index contributed by atoms with van der Waals surface area (Å²) in [5, 5.41) is 12.3. The molecule has 0 heterocycles. The molecule has 2 N–H and O–H groups in total. The molecular formula is C19H26ClNO6. The average molecular weight is 400 g/mol. The van der Waals surface area contributed by atoms with Gasteiger partial charge in [-0.15, -0.1) is 0 Å². The number of alkyl carbamates (subject to hydrolysis) is 1. The number of esters is 1. The number of aliphatic carboxylic acids is 1. The number of hydrogen-bond acceptors (Lipinski definition) is 5. The molecule has 0 radical (unpaired) electrons. The number of nitrogens with one attached hydrogen (secondary N) is 1. The average Bonchev–Trinajstić information content (AvgIpc) is 2.57. The molecule has 1 aromatic rings. The largest absolute Gasteiger partial charge is 0.481 e. The van der Waals surface area contributed by atoms with Crippen molar-refractivity contribution < 1.29 is 29.0 Å². The molecular weight excluding hydrogens is 374 g/mol. The number of hydrogen-bond donors (Lipinski definition) is 2. The number of halogens is 1. The van der Waals surface area contributed by atoms with Gasteiger partial charge in [-0.2, -0.15) is 0 Å². The molecule has 0 aromatic heterocycles. The fourth-order valence-electron chi connectivity index (χ4n) is 2.10. The van der Waals surface area contributed by atoms with E-state index >= 15 is 0 Å². The van der Waals surface area contributed by atoms with Gasteiger partial charge in [0.05, 0.1) is 11.8 Å². The predicted octanol–water partition coefficient (Wildman–Crippen LogP) is 3.49. The SMILES string of the molecule is CC(C)C(=O)O[C@H](OC(=O)NC[C@H](Cc1cccc(Cl)c1)C(=O)O)C(C)C. The molecule has 2 atom stereocenters. The van der Waals surface area contributed by atoms with Crippen molar-refractivity contribution in [2.75, 3.05) is 6.54 Å². The first-order chi connectivity index (χ1) is 12.6. The van der Waals surface area contributed by atoms with Crippen molar-refractivity contribution in [2.24, 2.45) is 17.8 Å². The summed E-state index contributed by atoms with van der Waals surface area (Å²) in [6.07, 6.45) is -1.69. The number of amides is 1. The Morgan fingerprint density at radius 2 is 1.81 bits per heavy atom. The fourth-order valence-corrected chi connectivity index (χ4v) is 2.31. The van der Waals surface area contributed by atoms with E-state index in [4.69, 9.17) is 21.1 Å². The number of rotatable bonds is 9. The number of ether oxygens (including phenoxy) is 2. The van der Waals surface area contributed by atoms with E-state index in [2.05, 4.69) is 5.32 Å². The number of carboxylic acids is 1. The van der Waals surface area contributed by atoms with Crippen LogP contribution in [0.25, 0.3) is 0 Å². The summed E-state index contributed by atoms with van der Waals surface area (Å²) in [5.41, 5.74) is 0.746. The van der Waals surface area contributed by atoms with Crippen molar-refractivity contribution in [3.63, 3.8) is 0 Å². The number of benzene rings is 1. The molecule has 150 valence electrons. The van der Waals surface area contributed by atoms with Gasteiger partial charge in [-0.1, -0.05) is 51.4 Å². The van der Waals surface area contributed by atoms with E-state index in [0.29, 0.717) is 5.02 Å². The Kier molecular flexibility index (Phi) is 9.08. The molecule has 1 amide bonds. The van der Waals surface area contributed by atoms with Crippen LogP contribution in [0.2, 0.25) is 5.02 Å². The van der Waals surface area contributed by atoms with E-state index in [-0.39, 0.29) is 24.8 Å².